The fraction of sp³-hybridized carbons (Fsp3) is 0.660. The third-order valence-electron chi connectivity index (χ3n) is 14.9. The fourth-order valence-corrected chi connectivity index (χ4v) is 10.9. The van der Waals surface area contributed by atoms with Gasteiger partial charge in [0, 0.05) is 12.1 Å². The first-order chi connectivity index (χ1) is 27.2. The molecule has 0 radical (unpaired) electrons. The van der Waals surface area contributed by atoms with Crippen LogP contribution in [0.1, 0.15) is 176 Å². The molecule has 5 fully saturated rings. The fourth-order valence-electron chi connectivity index (χ4n) is 10.9. The first-order valence-electron chi connectivity index (χ1n) is 23.7. The molecule has 308 valence electrons. The van der Waals surface area contributed by atoms with Crippen molar-refractivity contribution in [2.75, 3.05) is 32.7 Å². The van der Waals surface area contributed by atoms with Gasteiger partial charge < -0.3 is 15.5 Å². The molecule has 4 saturated carbocycles. The second kappa shape index (κ2) is 21.0. The summed E-state index contributed by atoms with van der Waals surface area (Å²) in [4.78, 5) is 2.68. The molecule has 3 aromatic rings. The lowest BCUT2D eigenvalue weighted by atomic mass is 9.76. The van der Waals surface area contributed by atoms with Gasteiger partial charge in [0.25, 0.3) is 0 Å². The van der Waals surface area contributed by atoms with E-state index in [0.29, 0.717) is 22.3 Å². The molecule has 0 amide bonds. The van der Waals surface area contributed by atoms with E-state index in [1.54, 1.807) is 16.7 Å². The maximum Gasteiger partial charge on any atom is 0.00682 e. The Morgan fingerprint density at radius 2 is 0.964 bits per heavy atom. The van der Waals surface area contributed by atoms with Crippen molar-refractivity contribution in [1.29, 1.82) is 0 Å². The number of aryl methyl sites for hydroxylation is 3. The normalized spacial score (nSPS) is 21.1. The molecular weight excluding hydrogens is 679 g/mol. The second-order valence-corrected chi connectivity index (χ2v) is 19.4. The Labute approximate surface area is 344 Å². The maximum atomic E-state index is 3.69. The third kappa shape index (κ3) is 12.0. The Bertz CT molecular complexity index is 1460. The van der Waals surface area contributed by atoms with E-state index in [0.717, 1.165) is 19.0 Å². The van der Waals surface area contributed by atoms with Crippen molar-refractivity contribution < 1.29 is 0 Å². The molecule has 0 spiro atoms. The number of rotatable bonds is 15. The molecule has 4 aliphatic carbocycles. The van der Waals surface area contributed by atoms with E-state index < -0.39 is 0 Å². The summed E-state index contributed by atoms with van der Waals surface area (Å²) < 4.78 is 0. The van der Waals surface area contributed by atoms with Crippen molar-refractivity contribution in [2.45, 2.75) is 191 Å². The van der Waals surface area contributed by atoms with Crippen LogP contribution in [-0.4, -0.2) is 49.7 Å². The van der Waals surface area contributed by atoms with Gasteiger partial charge in [0.2, 0.25) is 0 Å². The van der Waals surface area contributed by atoms with Gasteiger partial charge in [-0.25, -0.2) is 0 Å². The van der Waals surface area contributed by atoms with Crippen LogP contribution in [0.25, 0.3) is 0 Å². The molecule has 1 aliphatic heterocycles. The highest BCUT2D eigenvalue weighted by Gasteiger charge is 2.37. The number of hydrogen-bond acceptors (Lipinski definition) is 3. The standard InChI is InChI=1S/C19H29N.C17H25N.C17H27N/c1-2-17-7-9-18(10-8-17)19(11-3-4-12-19)13-16-20-14-5-6-15-20;1-14-4-6-15(7-5-14)17(10-2-3-11-17)12-13-18-16-8-9-16;1-14(2)18-13-12-17(10-4-5-11-17)16-8-6-15(3)7-9-16/h7-10H,2-6,11-16H2,1H3;4-7,16,18H,2-3,8-13H2,1H3;6-9,14,18H,4-5,10-13H2,1-3H3. The number of hydrogen-bond donors (Lipinski definition) is 2. The second-order valence-electron chi connectivity index (χ2n) is 19.4. The maximum absolute atomic E-state index is 3.69. The van der Waals surface area contributed by atoms with E-state index in [4.69, 9.17) is 0 Å². The average molecular weight is 760 g/mol. The lowest BCUT2D eigenvalue weighted by molar-refractivity contribution is 0.279. The minimum atomic E-state index is 0.454. The van der Waals surface area contributed by atoms with Gasteiger partial charge in [-0.1, -0.05) is 143 Å². The number of nitrogens with zero attached hydrogens (tertiary/aromatic N) is 1. The third-order valence-corrected chi connectivity index (χ3v) is 14.9. The van der Waals surface area contributed by atoms with E-state index in [1.165, 1.54) is 165 Å². The van der Waals surface area contributed by atoms with Gasteiger partial charge >= 0.3 is 0 Å². The van der Waals surface area contributed by atoms with E-state index in [-0.39, 0.29) is 0 Å². The molecule has 0 unspecified atom stereocenters. The first-order valence-corrected chi connectivity index (χ1v) is 23.7. The zero-order valence-corrected chi connectivity index (χ0v) is 36.7. The summed E-state index contributed by atoms with van der Waals surface area (Å²) in [5.41, 5.74) is 10.4. The van der Waals surface area contributed by atoms with Crippen molar-refractivity contribution in [3.8, 4) is 0 Å². The van der Waals surface area contributed by atoms with Gasteiger partial charge in [-0.2, -0.15) is 0 Å². The SMILES string of the molecule is CCc1ccc(C2(CCN3CCCC3)CCCC2)cc1.Cc1ccc(C2(CCNC(C)C)CCCC2)cc1.Cc1ccc(C2(CCNC3CC3)CCCC2)cc1. The molecule has 1 heterocycles. The molecule has 0 aromatic heterocycles. The molecule has 2 N–H and O–H groups in total. The van der Waals surface area contributed by atoms with E-state index in [9.17, 15) is 0 Å². The van der Waals surface area contributed by atoms with Crippen molar-refractivity contribution in [3.05, 3.63) is 106 Å². The predicted octanol–water partition coefficient (Wildman–Crippen LogP) is 12.7. The predicted molar refractivity (Wildman–Crippen MR) is 242 cm³/mol. The summed E-state index contributed by atoms with van der Waals surface area (Å²) >= 11 is 0. The van der Waals surface area contributed by atoms with Gasteiger partial charge in [-0.05, 0) is 175 Å². The molecule has 5 aliphatic rings. The molecule has 3 heteroatoms. The highest BCUT2D eigenvalue weighted by Crippen LogP contribution is 2.46. The van der Waals surface area contributed by atoms with Gasteiger partial charge in [0.1, 0.15) is 0 Å². The zero-order valence-electron chi connectivity index (χ0n) is 36.7. The molecule has 1 saturated heterocycles. The number of likely N-dealkylation sites (tertiary alicyclic amines) is 1. The van der Waals surface area contributed by atoms with Crippen LogP contribution >= 0.6 is 0 Å². The Morgan fingerprint density at radius 3 is 1.38 bits per heavy atom. The molecule has 3 nitrogen and oxygen atoms in total. The summed E-state index contributed by atoms with van der Waals surface area (Å²) in [5, 5.41) is 7.27. The van der Waals surface area contributed by atoms with Crippen molar-refractivity contribution >= 4 is 0 Å². The van der Waals surface area contributed by atoms with Crippen molar-refractivity contribution in [2.24, 2.45) is 0 Å². The van der Waals surface area contributed by atoms with E-state index in [1.807, 2.05) is 0 Å². The Hall–Kier alpha value is -2.46. The largest absolute Gasteiger partial charge is 0.315 e. The van der Waals surface area contributed by atoms with Crippen molar-refractivity contribution in [1.82, 2.24) is 15.5 Å². The Morgan fingerprint density at radius 1 is 0.554 bits per heavy atom. The highest BCUT2D eigenvalue weighted by molar-refractivity contribution is 5.32. The Balaban J connectivity index is 0.000000143. The minimum Gasteiger partial charge on any atom is -0.315 e. The lowest BCUT2D eigenvalue weighted by Gasteiger charge is -2.32. The lowest BCUT2D eigenvalue weighted by Crippen LogP contribution is -2.31. The van der Waals surface area contributed by atoms with Crippen LogP contribution in [0.2, 0.25) is 0 Å². The number of benzene rings is 3. The van der Waals surface area contributed by atoms with Gasteiger partial charge in [-0.3, -0.25) is 0 Å². The average Bonchev–Trinajstić information content (AvgIpc) is 3.73. The molecule has 8 rings (SSSR count). The number of nitrogens with one attached hydrogen (secondary N) is 2. The zero-order chi connectivity index (χ0) is 39.3. The molecule has 0 atom stereocenters. The summed E-state index contributed by atoms with van der Waals surface area (Å²) in [5.74, 6) is 0. The van der Waals surface area contributed by atoms with Crippen LogP contribution in [0.3, 0.4) is 0 Å². The summed E-state index contributed by atoms with van der Waals surface area (Å²) in [6.45, 7) is 17.4. The molecular formula is C53H81N3. The van der Waals surface area contributed by atoms with Gasteiger partial charge in [0.05, 0.1) is 0 Å². The van der Waals surface area contributed by atoms with Crippen LogP contribution < -0.4 is 10.6 Å². The van der Waals surface area contributed by atoms with Crippen LogP contribution in [0.5, 0.6) is 0 Å². The van der Waals surface area contributed by atoms with Crippen molar-refractivity contribution in [3.63, 3.8) is 0 Å². The van der Waals surface area contributed by atoms with Crippen LogP contribution in [0.15, 0.2) is 72.8 Å². The molecule has 3 aromatic carbocycles. The molecule has 0 bridgehead atoms. The summed E-state index contributed by atoms with van der Waals surface area (Å²) in [6, 6.07) is 29.6. The monoisotopic (exact) mass is 760 g/mol. The van der Waals surface area contributed by atoms with E-state index >= 15 is 0 Å². The quantitative estimate of drug-likeness (QED) is 0.162. The van der Waals surface area contributed by atoms with E-state index in [2.05, 4.69) is 123 Å². The summed E-state index contributed by atoms with van der Waals surface area (Å²) in [7, 11) is 0. The van der Waals surface area contributed by atoms with Gasteiger partial charge in [0.15, 0.2) is 0 Å². The smallest absolute Gasteiger partial charge is 0.00682 e. The van der Waals surface area contributed by atoms with Gasteiger partial charge in [-0.15, -0.1) is 0 Å². The Kier molecular flexibility index (Phi) is 16.2. The highest BCUT2D eigenvalue weighted by atomic mass is 15.1. The minimum absolute atomic E-state index is 0.454. The van der Waals surface area contributed by atoms with Crippen LogP contribution in [-0.2, 0) is 22.7 Å². The summed E-state index contributed by atoms with van der Waals surface area (Å²) in [6.07, 6.45) is 27.6. The molecule has 56 heavy (non-hydrogen) atoms. The van der Waals surface area contributed by atoms with Crippen LogP contribution in [0.4, 0.5) is 0 Å². The topological polar surface area (TPSA) is 27.3 Å². The van der Waals surface area contributed by atoms with Crippen LogP contribution in [0, 0.1) is 13.8 Å². The first kappa shape index (κ1) is 43.1.